The number of hydrogen-bond donors (Lipinski definition) is 2. The molecular weight excluding hydrogens is 268 g/mol. The summed E-state index contributed by atoms with van der Waals surface area (Å²) in [6.07, 6.45) is 3.34. The highest BCUT2D eigenvalue weighted by atomic mass is 16.2. The largest absolute Gasteiger partial charge is 0.355 e. The van der Waals surface area contributed by atoms with Gasteiger partial charge in [-0.05, 0) is 38.3 Å². The van der Waals surface area contributed by atoms with E-state index in [1.807, 2.05) is 6.92 Å². The van der Waals surface area contributed by atoms with Crippen LogP contribution in [0.4, 0.5) is 0 Å². The van der Waals surface area contributed by atoms with E-state index in [4.69, 9.17) is 0 Å². The first kappa shape index (κ1) is 16.2. The van der Waals surface area contributed by atoms with E-state index in [0.717, 1.165) is 32.5 Å². The van der Waals surface area contributed by atoms with E-state index in [-0.39, 0.29) is 18.4 Å². The Kier molecular flexibility index (Phi) is 5.99. The fourth-order valence-corrected chi connectivity index (χ4v) is 3.28. The summed E-state index contributed by atoms with van der Waals surface area (Å²) in [5.74, 6) is 0.644. The lowest BCUT2D eigenvalue weighted by Crippen LogP contribution is -2.50. The van der Waals surface area contributed by atoms with Crippen LogP contribution in [0.3, 0.4) is 0 Å². The zero-order chi connectivity index (χ0) is 15.2. The molecule has 0 spiro atoms. The number of rotatable bonds is 6. The molecule has 2 N–H and O–H groups in total. The monoisotopic (exact) mass is 296 g/mol. The van der Waals surface area contributed by atoms with E-state index >= 15 is 0 Å². The maximum atomic E-state index is 12.3. The number of piperidine rings is 1. The van der Waals surface area contributed by atoms with E-state index in [1.54, 1.807) is 7.05 Å². The van der Waals surface area contributed by atoms with Crippen molar-refractivity contribution >= 4 is 11.8 Å². The van der Waals surface area contributed by atoms with Gasteiger partial charge in [-0.15, -0.1) is 0 Å². The first-order valence-electron chi connectivity index (χ1n) is 8.07. The van der Waals surface area contributed by atoms with Crippen LogP contribution in [0.2, 0.25) is 0 Å². The summed E-state index contributed by atoms with van der Waals surface area (Å²) in [5.41, 5.74) is 0. The fourth-order valence-electron chi connectivity index (χ4n) is 3.28. The standard InChI is InChI=1S/C15H28N4O2/c1-3-6-17-14(20)10-18(2)15(21)11-19-7-4-5-12-8-16-9-13(12)19/h12-13,16H,3-11H2,1-2H3,(H,17,20). The van der Waals surface area contributed by atoms with Crippen molar-refractivity contribution in [1.29, 1.82) is 0 Å². The van der Waals surface area contributed by atoms with E-state index in [1.165, 1.54) is 11.3 Å². The molecule has 6 heteroatoms. The Morgan fingerprint density at radius 2 is 2.19 bits per heavy atom. The van der Waals surface area contributed by atoms with Gasteiger partial charge < -0.3 is 15.5 Å². The molecule has 0 radical (unpaired) electrons. The molecular formula is C15H28N4O2. The minimum Gasteiger partial charge on any atom is -0.355 e. The van der Waals surface area contributed by atoms with Crippen LogP contribution >= 0.6 is 0 Å². The lowest BCUT2D eigenvalue weighted by molar-refractivity contribution is -0.136. The predicted octanol–water partition coefficient (Wildman–Crippen LogP) is -0.345. The Hall–Kier alpha value is -1.14. The molecule has 0 bridgehead atoms. The van der Waals surface area contributed by atoms with Gasteiger partial charge >= 0.3 is 0 Å². The average Bonchev–Trinajstić information content (AvgIpc) is 2.94. The highest BCUT2D eigenvalue weighted by Gasteiger charge is 2.35. The molecule has 2 aliphatic rings. The second kappa shape index (κ2) is 7.75. The van der Waals surface area contributed by atoms with Crippen molar-refractivity contribution < 1.29 is 9.59 Å². The van der Waals surface area contributed by atoms with Crippen LogP contribution in [-0.4, -0.2) is 74.0 Å². The lowest BCUT2D eigenvalue weighted by atomic mass is 9.92. The summed E-state index contributed by atoms with van der Waals surface area (Å²) in [7, 11) is 1.71. The van der Waals surface area contributed by atoms with Crippen LogP contribution in [0.1, 0.15) is 26.2 Å². The fraction of sp³-hybridized carbons (Fsp3) is 0.867. The molecule has 2 rings (SSSR count). The Balaban J connectivity index is 1.78. The van der Waals surface area contributed by atoms with Crippen LogP contribution in [0, 0.1) is 5.92 Å². The van der Waals surface area contributed by atoms with Gasteiger partial charge in [0.25, 0.3) is 0 Å². The van der Waals surface area contributed by atoms with Gasteiger partial charge in [-0.3, -0.25) is 14.5 Å². The molecule has 6 nitrogen and oxygen atoms in total. The third-order valence-electron chi connectivity index (χ3n) is 4.51. The van der Waals surface area contributed by atoms with Crippen LogP contribution in [0.5, 0.6) is 0 Å². The van der Waals surface area contributed by atoms with Gasteiger partial charge in [0.05, 0.1) is 13.1 Å². The number of amides is 2. The molecule has 0 aromatic carbocycles. The van der Waals surface area contributed by atoms with Gasteiger partial charge in [-0.1, -0.05) is 6.92 Å². The molecule has 0 aliphatic carbocycles. The van der Waals surface area contributed by atoms with Crippen LogP contribution in [-0.2, 0) is 9.59 Å². The zero-order valence-electron chi connectivity index (χ0n) is 13.2. The molecule has 0 aromatic rings. The van der Waals surface area contributed by atoms with Crippen molar-refractivity contribution in [3.05, 3.63) is 0 Å². The third-order valence-corrected chi connectivity index (χ3v) is 4.51. The first-order valence-corrected chi connectivity index (χ1v) is 8.07. The molecule has 0 saturated carbocycles. The number of nitrogens with zero attached hydrogens (tertiary/aromatic N) is 2. The topological polar surface area (TPSA) is 64.7 Å². The number of fused-ring (bicyclic) bond motifs is 1. The summed E-state index contributed by atoms with van der Waals surface area (Å²) in [5, 5.41) is 6.22. The van der Waals surface area contributed by atoms with E-state index < -0.39 is 0 Å². The second-order valence-electron chi connectivity index (χ2n) is 6.20. The quantitative estimate of drug-likeness (QED) is 0.703. The number of nitrogens with one attached hydrogen (secondary N) is 2. The number of hydrogen-bond acceptors (Lipinski definition) is 4. The van der Waals surface area contributed by atoms with E-state index in [0.29, 0.717) is 25.0 Å². The molecule has 2 fully saturated rings. The summed E-state index contributed by atoms with van der Waals surface area (Å²) in [6, 6.07) is 0.491. The van der Waals surface area contributed by atoms with Gasteiger partial charge in [0.1, 0.15) is 0 Å². The highest BCUT2D eigenvalue weighted by Crippen LogP contribution is 2.26. The predicted molar refractivity (Wildman–Crippen MR) is 81.9 cm³/mol. The summed E-state index contributed by atoms with van der Waals surface area (Å²) >= 11 is 0. The molecule has 0 aromatic heterocycles. The van der Waals surface area contributed by atoms with E-state index in [2.05, 4.69) is 15.5 Å². The van der Waals surface area contributed by atoms with Crippen molar-refractivity contribution in [1.82, 2.24) is 20.4 Å². The van der Waals surface area contributed by atoms with Crippen LogP contribution < -0.4 is 10.6 Å². The average molecular weight is 296 g/mol. The molecule has 2 saturated heterocycles. The smallest absolute Gasteiger partial charge is 0.239 e. The lowest BCUT2D eigenvalue weighted by Gasteiger charge is -2.37. The number of carbonyl (C=O) groups is 2. The van der Waals surface area contributed by atoms with Crippen LogP contribution in [0.25, 0.3) is 0 Å². The minimum absolute atomic E-state index is 0.0363. The molecule has 2 atom stereocenters. The zero-order valence-corrected chi connectivity index (χ0v) is 13.2. The van der Waals surface area contributed by atoms with Crippen molar-refractivity contribution in [2.75, 3.05) is 46.3 Å². The maximum Gasteiger partial charge on any atom is 0.239 e. The van der Waals surface area contributed by atoms with Crippen molar-refractivity contribution in [3.8, 4) is 0 Å². The molecule has 21 heavy (non-hydrogen) atoms. The number of likely N-dealkylation sites (N-methyl/N-ethyl adjacent to an activating group) is 1. The van der Waals surface area contributed by atoms with Gasteiger partial charge in [-0.25, -0.2) is 0 Å². The van der Waals surface area contributed by atoms with Crippen molar-refractivity contribution in [3.63, 3.8) is 0 Å². The molecule has 2 aliphatic heterocycles. The Bertz CT molecular complexity index is 375. The Morgan fingerprint density at radius 1 is 1.38 bits per heavy atom. The maximum absolute atomic E-state index is 12.3. The summed E-state index contributed by atoms with van der Waals surface area (Å²) in [6.45, 7) is 6.31. The molecule has 120 valence electrons. The SMILES string of the molecule is CCCNC(=O)CN(C)C(=O)CN1CCCC2CNCC21. The number of carbonyl (C=O) groups excluding carboxylic acids is 2. The number of likely N-dealkylation sites (tertiary alicyclic amines) is 1. The van der Waals surface area contributed by atoms with Crippen LogP contribution in [0.15, 0.2) is 0 Å². The molecule has 2 amide bonds. The van der Waals surface area contributed by atoms with E-state index in [9.17, 15) is 9.59 Å². The third kappa shape index (κ3) is 4.41. The highest BCUT2D eigenvalue weighted by molar-refractivity contribution is 5.85. The molecule has 2 unspecified atom stereocenters. The van der Waals surface area contributed by atoms with Gasteiger partial charge in [0.15, 0.2) is 0 Å². The van der Waals surface area contributed by atoms with Gasteiger partial charge in [-0.2, -0.15) is 0 Å². The Morgan fingerprint density at radius 3 is 2.95 bits per heavy atom. The Labute approximate surface area is 127 Å². The summed E-state index contributed by atoms with van der Waals surface area (Å²) in [4.78, 5) is 27.8. The molecule has 2 heterocycles. The van der Waals surface area contributed by atoms with Crippen molar-refractivity contribution in [2.24, 2.45) is 5.92 Å². The second-order valence-corrected chi connectivity index (χ2v) is 6.20. The summed E-state index contributed by atoms with van der Waals surface area (Å²) < 4.78 is 0. The first-order chi connectivity index (χ1) is 10.1. The van der Waals surface area contributed by atoms with Gasteiger partial charge in [0, 0.05) is 26.2 Å². The van der Waals surface area contributed by atoms with Gasteiger partial charge in [0.2, 0.25) is 11.8 Å². The van der Waals surface area contributed by atoms with Crippen molar-refractivity contribution in [2.45, 2.75) is 32.2 Å². The normalized spacial score (nSPS) is 25.4. The minimum atomic E-state index is -0.0771.